The van der Waals surface area contributed by atoms with E-state index in [4.69, 9.17) is 5.73 Å². The van der Waals surface area contributed by atoms with E-state index in [2.05, 4.69) is 11.1 Å². The first-order valence-electron chi connectivity index (χ1n) is 6.55. The molecule has 3 aromatic rings. The van der Waals surface area contributed by atoms with Gasteiger partial charge in [-0.25, -0.2) is 9.78 Å². The highest BCUT2D eigenvalue weighted by atomic mass is 16.4. The second-order valence-electron chi connectivity index (χ2n) is 5.12. The van der Waals surface area contributed by atoms with Crippen LogP contribution in [0.2, 0.25) is 0 Å². The van der Waals surface area contributed by atoms with Crippen LogP contribution in [0.3, 0.4) is 0 Å². The number of anilines is 1. The number of nitrogens with zero attached hydrogens (tertiary/aromatic N) is 2. The van der Waals surface area contributed by atoms with E-state index in [1.54, 1.807) is 24.5 Å². The number of hydrogen-bond donors (Lipinski definition) is 2. The molecule has 0 aliphatic heterocycles. The monoisotopic (exact) mass is 281 g/mol. The lowest BCUT2D eigenvalue weighted by molar-refractivity contribution is 0.0698. The molecule has 0 unspecified atom stereocenters. The number of benzene rings is 2. The lowest BCUT2D eigenvalue weighted by atomic mass is 10.1. The lowest BCUT2D eigenvalue weighted by Crippen LogP contribution is -2.04. The predicted molar refractivity (Wildman–Crippen MR) is 81.9 cm³/mol. The second-order valence-corrected chi connectivity index (χ2v) is 5.12. The predicted octanol–water partition coefficient (Wildman–Crippen LogP) is 2.92. The minimum atomic E-state index is -1.04. The van der Waals surface area contributed by atoms with Gasteiger partial charge < -0.3 is 10.8 Å². The SMILES string of the molecule is Cc1cc2ncn(-c3ccc(N)c(C(=O)O)c3)c2cc1C. The topological polar surface area (TPSA) is 81.1 Å². The summed E-state index contributed by atoms with van der Waals surface area (Å²) in [6.07, 6.45) is 1.70. The summed E-state index contributed by atoms with van der Waals surface area (Å²) in [5.74, 6) is -1.04. The molecule has 0 aliphatic carbocycles. The van der Waals surface area contributed by atoms with E-state index in [0.717, 1.165) is 22.3 Å². The summed E-state index contributed by atoms with van der Waals surface area (Å²) in [6, 6.07) is 9.03. The average molecular weight is 281 g/mol. The van der Waals surface area contributed by atoms with Crippen molar-refractivity contribution in [2.45, 2.75) is 13.8 Å². The second kappa shape index (κ2) is 4.63. The third-order valence-corrected chi connectivity index (χ3v) is 3.71. The molecule has 2 aromatic carbocycles. The van der Waals surface area contributed by atoms with E-state index >= 15 is 0 Å². The van der Waals surface area contributed by atoms with E-state index in [-0.39, 0.29) is 11.3 Å². The zero-order valence-electron chi connectivity index (χ0n) is 11.8. The fraction of sp³-hybridized carbons (Fsp3) is 0.125. The van der Waals surface area contributed by atoms with E-state index in [9.17, 15) is 9.90 Å². The van der Waals surface area contributed by atoms with Gasteiger partial charge in [0, 0.05) is 11.4 Å². The Labute approximate surface area is 121 Å². The van der Waals surface area contributed by atoms with Gasteiger partial charge in [-0.1, -0.05) is 0 Å². The highest BCUT2D eigenvalue weighted by Crippen LogP contribution is 2.24. The van der Waals surface area contributed by atoms with Crippen LogP contribution in [0.5, 0.6) is 0 Å². The number of rotatable bonds is 2. The molecule has 0 radical (unpaired) electrons. The number of aryl methyl sites for hydroxylation is 2. The molecule has 5 nitrogen and oxygen atoms in total. The van der Waals surface area contributed by atoms with Crippen molar-refractivity contribution in [3.05, 3.63) is 53.3 Å². The number of nitrogens with two attached hydrogens (primary N) is 1. The largest absolute Gasteiger partial charge is 0.478 e. The summed E-state index contributed by atoms with van der Waals surface area (Å²) < 4.78 is 1.87. The van der Waals surface area contributed by atoms with Crippen LogP contribution < -0.4 is 5.73 Å². The number of aromatic nitrogens is 2. The van der Waals surface area contributed by atoms with Crippen molar-refractivity contribution in [1.82, 2.24) is 9.55 Å². The number of carboxylic acids is 1. The summed E-state index contributed by atoms with van der Waals surface area (Å²) in [7, 11) is 0. The van der Waals surface area contributed by atoms with Crippen molar-refractivity contribution in [1.29, 1.82) is 0 Å². The molecule has 106 valence electrons. The Kier molecular flexibility index (Phi) is 2.90. The van der Waals surface area contributed by atoms with Crippen LogP contribution >= 0.6 is 0 Å². The number of aromatic carboxylic acids is 1. The number of hydrogen-bond acceptors (Lipinski definition) is 3. The summed E-state index contributed by atoms with van der Waals surface area (Å²) >= 11 is 0. The normalized spacial score (nSPS) is 11.0. The van der Waals surface area contributed by atoms with Crippen LogP contribution in [0.15, 0.2) is 36.7 Å². The third-order valence-electron chi connectivity index (χ3n) is 3.71. The van der Waals surface area contributed by atoms with Crippen molar-refractivity contribution in [3.8, 4) is 5.69 Å². The van der Waals surface area contributed by atoms with Gasteiger partial charge in [-0.2, -0.15) is 0 Å². The molecule has 0 atom stereocenters. The van der Waals surface area contributed by atoms with E-state index in [1.807, 2.05) is 24.5 Å². The Morgan fingerprint density at radius 3 is 2.62 bits per heavy atom. The minimum Gasteiger partial charge on any atom is -0.478 e. The molecule has 0 saturated carbocycles. The van der Waals surface area contributed by atoms with Crippen LogP contribution in [-0.4, -0.2) is 20.6 Å². The van der Waals surface area contributed by atoms with Crippen molar-refractivity contribution >= 4 is 22.7 Å². The van der Waals surface area contributed by atoms with E-state index < -0.39 is 5.97 Å². The highest BCUT2D eigenvalue weighted by Gasteiger charge is 2.12. The van der Waals surface area contributed by atoms with Crippen LogP contribution in [0.1, 0.15) is 21.5 Å². The molecular weight excluding hydrogens is 266 g/mol. The Bertz CT molecular complexity index is 865. The highest BCUT2D eigenvalue weighted by molar-refractivity contribution is 5.94. The first-order chi connectivity index (χ1) is 9.97. The van der Waals surface area contributed by atoms with Gasteiger partial charge in [0.25, 0.3) is 0 Å². The molecule has 1 aromatic heterocycles. The molecule has 0 fully saturated rings. The van der Waals surface area contributed by atoms with Crippen LogP contribution in [-0.2, 0) is 0 Å². The summed E-state index contributed by atoms with van der Waals surface area (Å²) in [6.45, 7) is 4.08. The van der Waals surface area contributed by atoms with E-state index in [1.165, 1.54) is 5.56 Å². The van der Waals surface area contributed by atoms with Gasteiger partial charge in [-0.3, -0.25) is 4.57 Å². The summed E-state index contributed by atoms with van der Waals surface area (Å²) in [5, 5.41) is 9.18. The summed E-state index contributed by atoms with van der Waals surface area (Å²) in [5.41, 5.74) is 10.9. The Morgan fingerprint density at radius 2 is 1.90 bits per heavy atom. The number of fused-ring (bicyclic) bond motifs is 1. The number of carbonyl (C=O) groups is 1. The minimum absolute atomic E-state index is 0.0955. The Morgan fingerprint density at radius 1 is 1.19 bits per heavy atom. The lowest BCUT2D eigenvalue weighted by Gasteiger charge is -2.08. The van der Waals surface area contributed by atoms with Gasteiger partial charge in [0.1, 0.15) is 6.33 Å². The van der Waals surface area contributed by atoms with Gasteiger partial charge >= 0.3 is 5.97 Å². The molecule has 1 heterocycles. The molecule has 3 rings (SSSR count). The zero-order chi connectivity index (χ0) is 15.1. The molecule has 5 heteroatoms. The Balaban J connectivity index is 2.23. The average Bonchev–Trinajstić information content (AvgIpc) is 2.82. The smallest absolute Gasteiger partial charge is 0.337 e. The number of carboxylic acid groups (broad SMARTS) is 1. The number of nitrogen functional groups attached to an aromatic ring is 1. The van der Waals surface area contributed by atoms with Crippen LogP contribution in [0, 0.1) is 13.8 Å². The third kappa shape index (κ3) is 2.12. The standard InChI is InChI=1S/C16H15N3O2/c1-9-5-14-15(6-10(9)2)19(8-18-14)11-3-4-13(17)12(7-11)16(20)21/h3-8H,17H2,1-2H3,(H,20,21). The van der Waals surface area contributed by atoms with Gasteiger partial charge in [0.15, 0.2) is 0 Å². The maximum Gasteiger partial charge on any atom is 0.337 e. The fourth-order valence-corrected chi connectivity index (χ4v) is 2.35. The maximum atomic E-state index is 11.2. The Hall–Kier alpha value is -2.82. The van der Waals surface area contributed by atoms with Gasteiger partial charge in [-0.15, -0.1) is 0 Å². The maximum absolute atomic E-state index is 11.2. The van der Waals surface area contributed by atoms with Crippen LogP contribution in [0.4, 0.5) is 5.69 Å². The zero-order valence-corrected chi connectivity index (χ0v) is 11.8. The quantitative estimate of drug-likeness (QED) is 0.708. The fourth-order valence-electron chi connectivity index (χ4n) is 2.35. The molecule has 0 aliphatic rings. The van der Waals surface area contributed by atoms with Crippen molar-refractivity contribution in [3.63, 3.8) is 0 Å². The van der Waals surface area contributed by atoms with Gasteiger partial charge in [-0.05, 0) is 55.3 Å². The molecule has 0 spiro atoms. The molecule has 0 bridgehead atoms. The molecule has 0 saturated heterocycles. The van der Waals surface area contributed by atoms with Gasteiger partial charge in [0.2, 0.25) is 0 Å². The van der Waals surface area contributed by atoms with Crippen molar-refractivity contribution < 1.29 is 9.90 Å². The molecule has 0 amide bonds. The first kappa shape index (κ1) is 13.2. The van der Waals surface area contributed by atoms with Crippen LogP contribution in [0.25, 0.3) is 16.7 Å². The van der Waals surface area contributed by atoms with Gasteiger partial charge in [0.05, 0.1) is 16.6 Å². The number of imidazole rings is 1. The molecule has 21 heavy (non-hydrogen) atoms. The van der Waals surface area contributed by atoms with Crippen molar-refractivity contribution in [2.75, 3.05) is 5.73 Å². The van der Waals surface area contributed by atoms with E-state index in [0.29, 0.717) is 0 Å². The van der Waals surface area contributed by atoms with Crippen molar-refractivity contribution in [2.24, 2.45) is 0 Å². The summed E-state index contributed by atoms with van der Waals surface area (Å²) in [4.78, 5) is 15.6. The molecule has 3 N–H and O–H groups in total. The molecular formula is C16H15N3O2. The first-order valence-corrected chi connectivity index (χ1v) is 6.55.